The molecule has 1 rings (SSSR count). The zero-order chi connectivity index (χ0) is 16.8. The first kappa shape index (κ1) is 18.9. The first-order valence-electron chi connectivity index (χ1n) is 7.96. The van der Waals surface area contributed by atoms with Gasteiger partial charge >= 0.3 is 0 Å². The summed E-state index contributed by atoms with van der Waals surface area (Å²) in [4.78, 5) is 21.0. The lowest BCUT2D eigenvalue weighted by molar-refractivity contribution is -0.306. The van der Waals surface area contributed by atoms with E-state index in [-0.39, 0.29) is 29.7 Å². The molecule has 1 saturated carbocycles. The fourth-order valence-electron chi connectivity index (χ4n) is 3.87. The van der Waals surface area contributed by atoms with Gasteiger partial charge in [-0.05, 0) is 42.9 Å². The molecule has 1 aliphatic rings. The number of carboxylic acids is 2. The van der Waals surface area contributed by atoms with Crippen molar-refractivity contribution in [2.24, 2.45) is 10.8 Å². The Labute approximate surface area is 132 Å². The van der Waals surface area contributed by atoms with Crippen LogP contribution in [-0.2, 0) is 9.59 Å². The molecule has 0 spiro atoms. The van der Waals surface area contributed by atoms with Gasteiger partial charge in [-0.2, -0.15) is 0 Å². The molecule has 0 aromatic rings. The maximum atomic E-state index is 10.5. The highest BCUT2D eigenvalue weighted by Crippen LogP contribution is 2.45. The van der Waals surface area contributed by atoms with Crippen molar-refractivity contribution in [2.75, 3.05) is 19.6 Å². The lowest BCUT2D eigenvalue weighted by Gasteiger charge is -2.47. The average molecular weight is 312 g/mol. The van der Waals surface area contributed by atoms with E-state index in [9.17, 15) is 19.8 Å². The molecule has 0 aromatic carbocycles. The summed E-state index contributed by atoms with van der Waals surface area (Å²) in [6.45, 7) is 8.24. The Morgan fingerprint density at radius 3 is 2.23 bits per heavy atom. The normalized spacial score (nSPS) is 27.5. The van der Waals surface area contributed by atoms with Crippen molar-refractivity contribution < 1.29 is 19.8 Å². The molecule has 1 fully saturated rings. The van der Waals surface area contributed by atoms with Crippen molar-refractivity contribution in [3.63, 3.8) is 0 Å². The maximum absolute atomic E-state index is 10.5. The summed E-state index contributed by atoms with van der Waals surface area (Å²) < 4.78 is 0. The summed E-state index contributed by atoms with van der Waals surface area (Å²) in [6.07, 6.45) is 3.05. The standard InChI is InChI=1S/C16H30N2O4/c1-15(2)8-12(18-7-5-14(21)22)9-16(3,10-15)11-17-6-4-13(19)20/h12,17-18H,4-11H2,1-3H3,(H,19,20)(H,21,22)/p-2. The van der Waals surface area contributed by atoms with Crippen LogP contribution in [0.4, 0.5) is 0 Å². The highest BCUT2D eigenvalue weighted by atomic mass is 16.4. The minimum atomic E-state index is -1.04. The first-order chi connectivity index (χ1) is 10.1. The molecule has 1 aliphatic carbocycles. The van der Waals surface area contributed by atoms with Gasteiger partial charge in [-0.1, -0.05) is 20.8 Å². The van der Waals surface area contributed by atoms with E-state index in [1.165, 1.54) is 0 Å². The Hall–Kier alpha value is -1.14. The summed E-state index contributed by atoms with van der Waals surface area (Å²) >= 11 is 0. The van der Waals surface area contributed by atoms with Gasteiger partial charge in [0.05, 0.1) is 0 Å². The molecule has 2 N–H and O–H groups in total. The number of rotatable bonds is 9. The topological polar surface area (TPSA) is 104 Å². The fourth-order valence-corrected chi connectivity index (χ4v) is 3.87. The lowest BCUT2D eigenvalue weighted by atomic mass is 9.62. The van der Waals surface area contributed by atoms with Crippen LogP contribution in [0.15, 0.2) is 0 Å². The van der Waals surface area contributed by atoms with Crippen molar-refractivity contribution in [3.05, 3.63) is 0 Å². The maximum Gasteiger partial charge on any atom is 0.0426 e. The summed E-state index contributed by atoms with van der Waals surface area (Å²) in [5.41, 5.74) is 0.231. The zero-order valence-corrected chi connectivity index (χ0v) is 13.9. The van der Waals surface area contributed by atoms with Gasteiger partial charge in [0.1, 0.15) is 0 Å². The van der Waals surface area contributed by atoms with Crippen LogP contribution in [0.25, 0.3) is 0 Å². The van der Waals surface area contributed by atoms with Gasteiger partial charge in [0, 0.05) is 37.6 Å². The number of hydrogen-bond acceptors (Lipinski definition) is 6. The number of carbonyl (C=O) groups is 2. The van der Waals surface area contributed by atoms with E-state index in [0.29, 0.717) is 13.1 Å². The fraction of sp³-hybridized carbons (Fsp3) is 0.875. The van der Waals surface area contributed by atoms with Crippen LogP contribution in [0.2, 0.25) is 0 Å². The van der Waals surface area contributed by atoms with Gasteiger partial charge in [-0.15, -0.1) is 0 Å². The summed E-state index contributed by atoms with van der Waals surface area (Å²) in [5.74, 6) is -2.07. The number of carbonyl (C=O) groups excluding carboxylic acids is 2. The molecule has 128 valence electrons. The zero-order valence-electron chi connectivity index (χ0n) is 13.9. The molecule has 2 atom stereocenters. The molecule has 0 saturated heterocycles. The van der Waals surface area contributed by atoms with Crippen LogP contribution < -0.4 is 20.8 Å². The van der Waals surface area contributed by atoms with Gasteiger partial charge in [0.25, 0.3) is 0 Å². The van der Waals surface area contributed by atoms with Gasteiger partial charge < -0.3 is 30.4 Å². The molecule has 6 nitrogen and oxygen atoms in total. The molecular formula is C16H28N2O4-2. The number of nitrogens with one attached hydrogen (secondary N) is 2. The van der Waals surface area contributed by atoms with Crippen molar-refractivity contribution >= 4 is 11.9 Å². The van der Waals surface area contributed by atoms with Crippen molar-refractivity contribution in [1.29, 1.82) is 0 Å². The van der Waals surface area contributed by atoms with Gasteiger partial charge in [-0.25, -0.2) is 0 Å². The van der Waals surface area contributed by atoms with E-state index in [0.717, 1.165) is 25.8 Å². The van der Waals surface area contributed by atoms with Crippen LogP contribution >= 0.6 is 0 Å². The van der Waals surface area contributed by atoms with E-state index in [4.69, 9.17) is 0 Å². The van der Waals surface area contributed by atoms with Crippen LogP contribution in [-0.4, -0.2) is 37.6 Å². The van der Waals surface area contributed by atoms with Crippen LogP contribution in [0, 0.1) is 10.8 Å². The van der Waals surface area contributed by atoms with E-state index in [1.807, 2.05) is 0 Å². The second kappa shape index (κ2) is 7.92. The molecule has 6 heteroatoms. The molecule has 0 aromatic heterocycles. The second-order valence-corrected chi connectivity index (χ2v) is 7.63. The van der Waals surface area contributed by atoms with Gasteiger partial charge in [0.2, 0.25) is 0 Å². The van der Waals surface area contributed by atoms with E-state index in [2.05, 4.69) is 31.4 Å². The average Bonchev–Trinajstić information content (AvgIpc) is 2.31. The predicted molar refractivity (Wildman–Crippen MR) is 79.6 cm³/mol. The predicted octanol–water partition coefficient (Wildman–Crippen LogP) is -0.969. The third-order valence-corrected chi connectivity index (χ3v) is 4.26. The number of hydrogen-bond donors (Lipinski definition) is 2. The van der Waals surface area contributed by atoms with Crippen molar-refractivity contribution in [2.45, 2.75) is 58.9 Å². The third-order valence-electron chi connectivity index (χ3n) is 4.26. The number of carboxylic acid groups (broad SMARTS) is 2. The van der Waals surface area contributed by atoms with E-state index >= 15 is 0 Å². The van der Waals surface area contributed by atoms with E-state index in [1.54, 1.807) is 0 Å². The largest absolute Gasteiger partial charge is 0.550 e. The van der Waals surface area contributed by atoms with Crippen LogP contribution in [0.5, 0.6) is 0 Å². The molecular weight excluding hydrogens is 284 g/mol. The van der Waals surface area contributed by atoms with Gasteiger partial charge in [-0.3, -0.25) is 0 Å². The third kappa shape index (κ3) is 7.22. The smallest absolute Gasteiger partial charge is 0.0426 e. The van der Waals surface area contributed by atoms with Crippen molar-refractivity contribution in [3.8, 4) is 0 Å². The molecule has 0 aliphatic heterocycles. The van der Waals surface area contributed by atoms with Crippen LogP contribution in [0.3, 0.4) is 0 Å². The van der Waals surface area contributed by atoms with Gasteiger partial charge in [0.15, 0.2) is 0 Å². The molecule has 0 bridgehead atoms. The summed E-state index contributed by atoms with van der Waals surface area (Å²) in [6, 6.07) is 0.274. The highest BCUT2D eigenvalue weighted by Gasteiger charge is 2.40. The monoisotopic (exact) mass is 312 g/mol. The summed E-state index contributed by atoms with van der Waals surface area (Å²) in [5, 5.41) is 27.5. The SMILES string of the molecule is CC1(C)CC(NCCC(=O)[O-])CC(C)(CNCCC(=O)[O-])C1. The highest BCUT2D eigenvalue weighted by molar-refractivity contribution is 5.64. The summed E-state index contributed by atoms with van der Waals surface area (Å²) in [7, 11) is 0. The minimum absolute atomic E-state index is 0.0206. The molecule has 0 heterocycles. The Balaban J connectivity index is 2.50. The molecule has 0 amide bonds. The number of aliphatic carboxylic acids is 2. The molecule has 0 radical (unpaired) electrons. The Morgan fingerprint density at radius 1 is 1.05 bits per heavy atom. The Bertz CT molecular complexity index is 398. The van der Waals surface area contributed by atoms with Crippen LogP contribution in [0.1, 0.15) is 52.9 Å². The van der Waals surface area contributed by atoms with E-state index < -0.39 is 11.9 Å². The Kier molecular flexibility index (Phi) is 6.81. The quantitative estimate of drug-likeness (QED) is 0.531. The lowest BCUT2D eigenvalue weighted by Crippen LogP contribution is -2.49. The minimum Gasteiger partial charge on any atom is -0.550 e. The Morgan fingerprint density at radius 2 is 1.64 bits per heavy atom. The second-order valence-electron chi connectivity index (χ2n) is 7.63. The first-order valence-corrected chi connectivity index (χ1v) is 7.96. The van der Waals surface area contributed by atoms with Crippen molar-refractivity contribution in [1.82, 2.24) is 10.6 Å². The molecule has 2 unspecified atom stereocenters. The molecule has 22 heavy (non-hydrogen) atoms.